The van der Waals surface area contributed by atoms with Crippen LogP contribution in [0, 0.1) is 6.92 Å². The van der Waals surface area contributed by atoms with Crippen molar-refractivity contribution in [2.24, 2.45) is 0 Å². The lowest BCUT2D eigenvalue weighted by Crippen LogP contribution is -2.36. The summed E-state index contributed by atoms with van der Waals surface area (Å²) in [6.45, 7) is 2.45. The minimum Gasteiger partial charge on any atom is -0.348 e. The van der Waals surface area contributed by atoms with Gasteiger partial charge in [0.1, 0.15) is 11.4 Å². The molecule has 0 bridgehead atoms. The van der Waals surface area contributed by atoms with E-state index in [1.165, 1.54) is 12.0 Å². The van der Waals surface area contributed by atoms with Gasteiger partial charge in [0.25, 0.3) is 11.8 Å². The maximum atomic E-state index is 12.4. The molecule has 2 N–H and O–H groups in total. The van der Waals surface area contributed by atoms with Gasteiger partial charge in [-0.15, -0.1) is 0 Å². The first-order valence-electron chi connectivity index (χ1n) is 9.23. The summed E-state index contributed by atoms with van der Waals surface area (Å²) in [5.74, 6) is -0.483. The Morgan fingerprint density at radius 3 is 2.31 bits per heavy atom. The van der Waals surface area contributed by atoms with Gasteiger partial charge in [-0.2, -0.15) is 0 Å². The van der Waals surface area contributed by atoms with Crippen LogP contribution in [0.25, 0.3) is 0 Å². The van der Waals surface area contributed by atoms with Gasteiger partial charge >= 0.3 is 0 Å². The molecule has 136 valence electrons. The Labute approximate surface area is 154 Å². The number of carbonyl (C=O) groups is 2. The largest absolute Gasteiger partial charge is 0.348 e. The van der Waals surface area contributed by atoms with Crippen LogP contribution in [0.3, 0.4) is 0 Å². The number of hydrogen-bond acceptors (Lipinski definition) is 3. The third-order valence-corrected chi connectivity index (χ3v) is 4.73. The third-order valence-electron chi connectivity index (χ3n) is 4.73. The van der Waals surface area contributed by atoms with Gasteiger partial charge in [-0.05, 0) is 37.5 Å². The predicted octanol–water partition coefficient (Wildman–Crippen LogP) is 3.38. The summed E-state index contributed by atoms with van der Waals surface area (Å²) >= 11 is 0. The van der Waals surface area contributed by atoms with E-state index >= 15 is 0 Å². The summed E-state index contributed by atoms with van der Waals surface area (Å²) in [5, 5.41) is 5.88. The molecule has 1 saturated carbocycles. The molecule has 0 radical (unpaired) electrons. The minimum atomic E-state index is -0.280. The van der Waals surface area contributed by atoms with Gasteiger partial charge in [0.15, 0.2) is 0 Å². The first-order valence-corrected chi connectivity index (χ1v) is 9.23. The normalized spacial score (nSPS) is 14.7. The Morgan fingerprint density at radius 2 is 1.62 bits per heavy atom. The number of aryl methyl sites for hydroxylation is 1. The van der Waals surface area contributed by atoms with Crippen LogP contribution >= 0.6 is 0 Å². The summed E-state index contributed by atoms with van der Waals surface area (Å²) < 4.78 is 0. The molecule has 1 aliphatic rings. The van der Waals surface area contributed by atoms with Crippen LogP contribution in [0.1, 0.15) is 64.2 Å². The Balaban J connectivity index is 1.59. The number of nitrogens with zero attached hydrogens (tertiary/aromatic N) is 1. The maximum absolute atomic E-state index is 12.4. The zero-order valence-corrected chi connectivity index (χ0v) is 15.1. The molecular weight excluding hydrogens is 326 g/mol. The zero-order valence-electron chi connectivity index (χ0n) is 15.1. The molecule has 0 aliphatic heterocycles. The van der Waals surface area contributed by atoms with Crippen molar-refractivity contribution < 1.29 is 9.59 Å². The van der Waals surface area contributed by atoms with E-state index < -0.39 is 0 Å². The fraction of sp³-hybridized carbons (Fsp3) is 0.381. The van der Waals surface area contributed by atoms with E-state index in [-0.39, 0.29) is 23.6 Å². The number of benzene rings is 1. The fourth-order valence-corrected chi connectivity index (χ4v) is 3.17. The second-order valence-corrected chi connectivity index (χ2v) is 6.88. The Bertz CT molecular complexity index is 765. The quantitative estimate of drug-likeness (QED) is 0.867. The molecule has 3 rings (SSSR count). The standard InChI is InChI=1S/C21H25N3O2/c1-15-10-12-16(13-11-15)14-22-20(25)18-8-5-9-19(24-18)21(26)23-17-6-3-2-4-7-17/h5,8-13,17H,2-4,6-7,14H2,1H3,(H,22,25)(H,23,26). The number of aromatic nitrogens is 1. The highest BCUT2D eigenvalue weighted by molar-refractivity contribution is 5.96. The maximum Gasteiger partial charge on any atom is 0.270 e. The van der Waals surface area contributed by atoms with Gasteiger partial charge in [0.05, 0.1) is 0 Å². The molecule has 0 unspecified atom stereocenters. The highest BCUT2D eigenvalue weighted by Crippen LogP contribution is 2.17. The number of hydrogen-bond donors (Lipinski definition) is 2. The van der Waals surface area contributed by atoms with E-state index in [0.29, 0.717) is 12.2 Å². The summed E-state index contributed by atoms with van der Waals surface area (Å²) in [7, 11) is 0. The van der Waals surface area contributed by atoms with E-state index in [1.54, 1.807) is 18.2 Å². The molecule has 1 aromatic heterocycles. The second-order valence-electron chi connectivity index (χ2n) is 6.88. The monoisotopic (exact) mass is 351 g/mol. The summed E-state index contributed by atoms with van der Waals surface area (Å²) in [5.41, 5.74) is 2.75. The molecule has 5 heteroatoms. The van der Waals surface area contributed by atoms with Gasteiger partial charge in [-0.1, -0.05) is 55.2 Å². The summed E-state index contributed by atoms with van der Waals surface area (Å²) in [6, 6.07) is 13.2. The topological polar surface area (TPSA) is 71.1 Å². The van der Waals surface area contributed by atoms with Crippen molar-refractivity contribution in [2.75, 3.05) is 0 Å². The highest BCUT2D eigenvalue weighted by Gasteiger charge is 2.18. The van der Waals surface area contributed by atoms with Crippen molar-refractivity contribution in [1.82, 2.24) is 15.6 Å². The van der Waals surface area contributed by atoms with Crippen LogP contribution in [0.15, 0.2) is 42.5 Å². The molecule has 1 aromatic carbocycles. The van der Waals surface area contributed by atoms with Gasteiger partial charge in [0.2, 0.25) is 0 Å². The average Bonchev–Trinajstić information content (AvgIpc) is 2.68. The van der Waals surface area contributed by atoms with Crippen LogP contribution in [-0.2, 0) is 6.54 Å². The lowest BCUT2D eigenvalue weighted by molar-refractivity contribution is 0.0922. The Morgan fingerprint density at radius 1 is 0.962 bits per heavy atom. The molecule has 0 spiro atoms. The lowest BCUT2D eigenvalue weighted by Gasteiger charge is -2.22. The van der Waals surface area contributed by atoms with Crippen LogP contribution in [0.4, 0.5) is 0 Å². The molecule has 0 atom stereocenters. The number of pyridine rings is 1. The van der Waals surface area contributed by atoms with Crippen molar-refractivity contribution in [2.45, 2.75) is 51.6 Å². The first-order chi connectivity index (χ1) is 12.6. The number of rotatable bonds is 5. The van der Waals surface area contributed by atoms with Crippen LogP contribution in [-0.4, -0.2) is 22.8 Å². The Hall–Kier alpha value is -2.69. The smallest absolute Gasteiger partial charge is 0.270 e. The molecule has 2 amide bonds. The van der Waals surface area contributed by atoms with Crippen molar-refractivity contribution in [3.8, 4) is 0 Å². The molecule has 1 aliphatic carbocycles. The van der Waals surface area contributed by atoms with Crippen LogP contribution in [0.5, 0.6) is 0 Å². The molecule has 5 nitrogen and oxygen atoms in total. The van der Waals surface area contributed by atoms with Crippen LogP contribution in [0.2, 0.25) is 0 Å². The van der Waals surface area contributed by atoms with Gasteiger partial charge < -0.3 is 10.6 Å². The SMILES string of the molecule is Cc1ccc(CNC(=O)c2cccc(C(=O)NC3CCCCC3)n2)cc1. The number of nitrogens with one attached hydrogen (secondary N) is 2. The van der Waals surface area contributed by atoms with Gasteiger partial charge in [-0.3, -0.25) is 9.59 Å². The Kier molecular flexibility index (Phi) is 6.00. The number of carbonyl (C=O) groups excluding carboxylic acids is 2. The molecular formula is C21H25N3O2. The van der Waals surface area contributed by atoms with E-state index in [2.05, 4.69) is 15.6 Å². The van der Waals surface area contributed by atoms with Crippen molar-refractivity contribution in [3.05, 3.63) is 65.0 Å². The fourth-order valence-electron chi connectivity index (χ4n) is 3.17. The summed E-state index contributed by atoms with van der Waals surface area (Å²) in [6.07, 6.45) is 5.58. The molecule has 1 fully saturated rings. The van der Waals surface area contributed by atoms with E-state index in [1.807, 2.05) is 31.2 Å². The molecule has 0 saturated heterocycles. The third kappa shape index (κ3) is 4.91. The predicted molar refractivity (Wildman–Crippen MR) is 101 cm³/mol. The van der Waals surface area contributed by atoms with Crippen molar-refractivity contribution >= 4 is 11.8 Å². The molecule has 2 aromatic rings. The van der Waals surface area contributed by atoms with E-state index in [9.17, 15) is 9.59 Å². The second kappa shape index (κ2) is 8.61. The van der Waals surface area contributed by atoms with Crippen molar-refractivity contribution in [1.29, 1.82) is 0 Å². The van der Waals surface area contributed by atoms with Crippen molar-refractivity contribution in [3.63, 3.8) is 0 Å². The lowest BCUT2D eigenvalue weighted by atomic mass is 9.95. The van der Waals surface area contributed by atoms with E-state index in [0.717, 1.165) is 31.2 Å². The highest BCUT2D eigenvalue weighted by atomic mass is 16.2. The first kappa shape index (κ1) is 18.1. The zero-order chi connectivity index (χ0) is 18.4. The number of amides is 2. The molecule has 1 heterocycles. The van der Waals surface area contributed by atoms with Crippen LogP contribution < -0.4 is 10.6 Å². The average molecular weight is 351 g/mol. The minimum absolute atomic E-state index is 0.204. The summed E-state index contributed by atoms with van der Waals surface area (Å²) in [4.78, 5) is 29.0. The molecule has 26 heavy (non-hydrogen) atoms. The van der Waals surface area contributed by atoms with E-state index in [4.69, 9.17) is 0 Å². The van der Waals surface area contributed by atoms with Gasteiger partial charge in [0, 0.05) is 12.6 Å². The van der Waals surface area contributed by atoms with Gasteiger partial charge in [-0.25, -0.2) is 4.98 Å².